The first-order valence-corrected chi connectivity index (χ1v) is 5.39. The van der Waals surface area contributed by atoms with Crippen molar-refractivity contribution < 1.29 is 4.79 Å². The molecule has 0 heterocycles. The Balaban J connectivity index is 2.77. The van der Waals surface area contributed by atoms with Crippen molar-refractivity contribution in [2.45, 2.75) is 26.2 Å². The average molecular weight is 234 g/mol. The zero-order valence-electron chi connectivity index (χ0n) is 10.6. The fourth-order valence-electron chi connectivity index (χ4n) is 1.35. The molecule has 17 heavy (non-hydrogen) atoms. The molecule has 0 fully saturated rings. The third kappa shape index (κ3) is 3.86. The molecular weight excluding hydrogens is 216 g/mol. The summed E-state index contributed by atoms with van der Waals surface area (Å²) in [5.74, 6) is 0. The van der Waals surface area contributed by atoms with E-state index in [0.717, 1.165) is 5.69 Å². The van der Waals surface area contributed by atoms with E-state index in [1.807, 2.05) is 12.1 Å². The third-order valence-electron chi connectivity index (χ3n) is 2.40. The topological polar surface area (TPSA) is 57.1 Å². The fourth-order valence-corrected chi connectivity index (χ4v) is 1.35. The summed E-state index contributed by atoms with van der Waals surface area (Å²) in [4.78, 5) is 9.99. The van der Waals surface area contributed by atoms with Crippen molar-refractivity contribution >= 4 is 12.1 Å². The summed E-state index contributed by atoms with van der Waals surface area (Å²) >= 11 is 0. The van der Waals surface area contributed by atoms with E-state index >= 15 is 0 Å². The Labute approximate surface area is 101 Å². The Bertz CT molecular complexity index is 392. The molecule has 0 spiro atoms. The van der Waals surface area contributed by atoms with E-state index < -0.39 is 0 Å². The molecule has 92 valence electrons. The van der Waals surface area contributed by atoms with Gasteiger partial charge in [0, 0.05) is 7.05 Å². The first kappa shape index (κ1) is 13.2. The summed E-state index contributed by atoms with van der Waals surface area (Å²) in [5, 5.41) is 8.85. The number of hydrogen-bond acceptors (Lipinski definition) is 3. The highest BCUT2D eigenvalue weighted by Crippen LogP contribution is 2.24. The molecule has 1 amide bonds. The number of rotatable bonds is 4. The minimum Gasteiger partial charge on any atom is -0.277 e. The van der Waals surface area contributed by atoms with Gasteiger partial charge in [-0.15, -0.1) is 0 Å². The van der Waals surface area contributed by atoms with Crippen molar-refractivity contribution in [3.8, 4) is 0 Å². The summed E-state index contributed by atoms with van der Waals surface area (Å²) in [6, 6.07) is 8.07. The van der Waals surface area contributed by atoms with Gasteiger partial charge in [0.15, 0.2) is 0 Å². The predicted octanol–water partition coefficient (Wildman–Crippen LogP) is 2.45. The van der Waals surface area contributed by atoms with Crippen LogP contribution in [-0.4, -0.2) is 13.5 Å². The molecule has 0 saturated carbocycles. The maximum atomic E-state index is 9.99. The molecule has 5 heteroatoms. The molecule has 1 N–H and O–H groups in total. The van der Waals surface area contributed by atoms with Gasteiger partial charge >= 0.3 is 0 Å². The SMILES string of the molecule is CN(/N=N\NC=O)c1ccc(C(C)(C)C)cc1. The molecule has 0 saturated heterocycles. The molecule has 0 bridgehead atoms. The van der Waals surface area contributed by atoms with E-state index in [2.05, 4.69) is 48.8 Å². The number of carbonyl (C=O) groups is 1. The Morgan fingerprint density at radius 2 is 1.82 bits per heavy atom. The van der Waals surface area contributed by atoms with Crippen molar-refractivity contribution in [1.29, 1.82) is 0 Å². The number of anilines is 1. The van der Waals surface area contributed by atoms with Crippen LogP contribution in [0.2, 0.25) is 0 Å². The number of nitrogens with zero attached hydrogens (tertiary/aromatic N) is 3. The number of amides is 1. The third-order valence-corrected chi connectivity index (χ3v) is 2.40. The lowest BCUT2D eigenvalue weighted by molar-refractivity contribution is -0.109. The van der Waals surface area contributed by atoms with Crippen LogP contribution in [0.3, 0.4) is 0 Å². The molecule has 0 aliphatic carbocycles. The van der Waals surface area contributed by atoms with Gasteiger partial charge in [0.2, 0.25) is 6.41 Å². The normalized spacial score (nSPS) is 11.5. The van der Waals surface area contributed by atoms with E-state index in [1.54, 1.807) is 12.1 Å². The molecule has 0 aliphatic heterocycles. The molecular formula is C12H18N4O. The molecule has 1 aromatic rings. The Hall–Kier alpha value is -1.91. The molecule has 1 aromatic carbocycles. The average Bonchev–Trinajstić information content (AvgIpc) is 2.28. The van der Waals surface area contributed by atoms with Crippen LogP contribution < -0.4 is 10.4 Å². The van der Waals surface area contributed by atoms with Gasteiger partial charge in [-0.25, -0.2) is 10.4 Å². The lowest BCUT2D eigenvalue weighted by Crippen LogP contribution is -2.13. The van der Waals surface area contributed by atoms with Crippen LogP contribution in [0, 0.1) is 0 Å². The van der Waals surface area contributed by atoms with Crippen molar-refractivity contribution in [1.82, 2.24) is 5.43 Å². The summed E-state index contributed by atoms with van der Waals surface area (Å²) in [6.07, 6.45) is 0.472. The van der Waals surface area contributed by atoms with Crippen LogP contribution in [0.1, 0.15) is 26.3 Å². The number of benzene rings is 1. The first-order chi connectivity index (χ1) is 7.95. The summed E-state index contributed by atoms with van der Waals surface area (Å²) in [6.45, 7) is 6.50. The molecule has 0 aromatic heterocycles. The maximum Gasteiger partial charge on any atom is 0.228 e. The van der Waals surface area contributed by atoms with Gasteiger partial charge in [-0.05, 0) is 33.6 Å². The van der Waals surface area contributed by atoms with Gasteiger partial charge in [0.05, 0.1) is 5.69 Å². The smallest absolute Gasteiger partial charge is 0.228 e. The summed E-state index contributed by atoms with van der Waals surface area (Å²) in [7, 11) is 1.77. The van der Waals surface area contributed by atoms with Gasteiger partial charge in [-0.2, -0.15) is 0 Å². The molecule has 1 rings (SSSR count). The van der Waals surface area contributed by atoms with Gasteiger partial charge in [0.25, 0.3) is 0 Å². The standard InChI is InChI=1S/C12H18N4O/c1-12(2,3)10-5-7-11(8-6-10)16(4)15-14-13-9-17/h5-9H,1-4H3,(H,13,15,17). The van der Waals surface area contributed by atoms with E-state index in [1.165, 1.54) is 5.56 Å². The highest BCUT2D eigenvalue weighted by molar-refractivity contribution is 5.47. The Morgan fingerprint density at radius 1 is 1.24 bits per heavy atom. The quantitative estimate of drug-likeness (QED) is 0.494. The lowest BCUT2D eigenvalue weighted by atomic mass is 9.87. The van der Waals surface area contributed by atoms with E-state index in [-0.39, 0.29) is 5.41 Å². The van der Waals surface area contributed by atoms with E-state index in [0.29, 0.717) is 6.41 Å². The highest BCUT2D eigenvalue weighted by Gasteiger charge is 2.13. The van der Waals surface area contributed by atoms with Gasteiger partial charge in [-0.3, -0.25) is 4.79 Å². The zero-order valence-corrected chi connectivity index (χ0v) is 10.6. The van der Waals surface area contributed by atoms with E-state index in [9.17, 15) is 4.79 Å². The molecule has 0 radical (unpaired) electrons. The van der Waals surface area contributed by atoms with Gasteiger partial charge in [-0.1, -0.05) is 32.9 Å². The van der Waals surface area contributed by atoms with Crippen molar-refractivity contribution in [3.63, 3.8) is 0 Å². The first-order valence-electron chi connectivity index (χ1n) is 5.39. The van der Waals surface area contributed by atoms with Crippen LogP contribution in [0.5, 0.6) is 0 Å². The van der Waals surface area contributed by atoms with Crippen LogP contribution in [0.4, 0.5) is 5.69 Å². The second-order valence-corrected chi connectivity index (χ2v) is 4.76. The van der Waals surface area contributed by atoms with Crippen LogP contribution in [0.25, 0.3) is 0 Å². The number of hydrogen-bond donors (Lipinski definition) is 1. The summed E-state index contributed by atoms with van der Waals surface area (Å²) < 4.78 is 0. The Morgan fingerprint density at radius 3 is 2.29 bits per heavy atom. The lowest BCUT2D eigenvalue weighted by Gasteiger charge is -2.20. The molecule has 0 unspecified atom stereocenters. The van der Waals surface area contributed by atoms with Crippen molar-refractivity contribution in [2.24, 2.45) is 10.4 Å². The highest BCUT2D eigenvalue weighted by atomic mass is 16.1. The van der Waals surface area contributed by atoms with Crippen molar-refractivity contribution in [3.05, 3.63) is 29.8 Å². The minimum atomic E-state index is 0.137. The molecule has 0 atom stereocenters. The van der Waals surface area contributed by atoms with Gasteiger partial charge in [0.1, 0.15) is 0 Å². The van der Waals surface area contributed by atoms with Gasteiger partial charge < -0.3 is 0 Å². The van der Waals surface area contributed by atoms with Crippen LogP contribution in [0.15, 0.2) is 34.7 Å². The largest absolute Gasteiger partial charge is 0.277 e. The fraction of sp³-hybridized carbons (Fsp3) is 0.417. The molecule has 0 aliphatic rings. The predicted molar refractivity (Wildman–Crippen MR) is 67.6 cm³/mol. The molecule has 5 nitrogen and oxygen atoms in total. The zero-order chi connectivity index (χ0) is 12.9. The Kier molecular flexibility index (Phi) is 4.20. The van der Waals surface area contributed by atoms with E-state index in [4.69, 9.17) is 0 Å². The monoisotopic (exact) mass is 234 g/mol. The minimum absolute atomic E-state index is 0.137. The number of nitrogens with one attached hydrogen (secondary N) is 1. The van der Waals surface area contributed by atoms with Crippen LogP contribution >= 0.6 is 0 Å². The second-order valence-electron chi connectivity index (χ2n) is 4.76. The van der Waals surface area contributed by atoms with Crippen molar-refractivity contribution in [2.75, 3.05) is 12.1 Å². The summed E-state index contributed by atoms with van der Waals surface area (Å²) in [5.41, 5.74) is 4.43. The number of carbonyl (C=O) groups excluding carboxylic acids is 1. The second kappa shape index (κ2) is 5.43. The van der Waals surface area contributed by atoms with Crippen LogP contribution in [-0.2, 0) is 10.2 Å². The maximum absolute atomic E-state index is 9.99.